The van der Waals surface area contributed by atoms with E-state index in [-0.39, 0.29) is 18.0 Å². The number of carbonyl (C=O) groups excluding carboxylic acids is 2. The highest BCUT2D eigenvalue weighted by molar-refractivity contribution is 7.17. The maximum atomic E-state index is 13.2. The number of fused-ring (bicyclic) bond motifs is 1. The molecule has 0 unspecified atom stereocenters. The Morgan fingerprint density at radius 2 is 1.88 bits per heavy atom. The number of anilines is 1. The molecule has 8 heteroatoms. The molecule has 0 bridgehead atoms. The van der Waals surface area contributed by atoms with E-state index >= 15 is 0 Å². The van der Waals surface area contributed by atoms with Crippen molar-refractivity contribution in [2.75, 3.05) is 5.32 Å². The molecular formula is C26H26N4O3S. The predicted octanol–water partition coefficient (Wildman–Crippen LogP) is 3.85. The van der Waals surface area contributed by atoms with Crippen LogP contribution in [0, 0.1) is 25.2 Å². The summed E-state index contributed by atoms with van der Waals surface area (Å²) in [4.78, 5) is 40.0. The Hall–Kier alpha value is -3.70. The predicted molar refractivity (Wildman–Crippen MR) is 132 cm³/mol. The number of pyridine rings is 1. The summed E-state index contributed by atoms with van der Waals surface area (Å²) in [5.74, 6) is -0.623. The number of carbonyl (C=O) groups is 2. The van der Waals surface area contributed by atoms with E-state index in [0.717, 1.165) is 41.7 Å². The minimum Gasteiger partial charge on any atom is -0.348 e. The number of benzene rings is 1. The first-order valence-corrected chi connectivity index (χ1v) is 12.1. The molecule has 2 heterocycles. The van der Waals surface area contributed by atoms with Gasteiger partial charge in [0.05, 0.1) is 5.56 Å². The Bertz CT molecular complexity index is 1350. The van der Waals surface area contributed by atoms with Crippen molar-refractivity contribution in [3.8, 4) is 6.07 Å². The van der Waals surface area contributed by atoms with Crippen molar-refractivity contribution in [1.29, 1.82) is 5.26 Å². The monoisotopic (exact) mass is 474 g/mol. The lowest BCUT2D eigenvalue weighted by Crippen LogP contribution is -2.31. The molecule has 174 valence electrons. The highest BCUT2D eigenvalue weighted by Crippen LogP contribution is 2.38. The van der Waals surface area contributed by atoms with Crippen molar-refractivity contribution >= 4 is 28.2 Å². The van der Waals surface area contributed by atoms with Gasteiger partial charge in [-0.3, -0.25) is 14.4 Å². The lowest BCUT2D eigenvalue weighted by molar-refractivity contribution is -0.116. The molecule has 1 aromatic carbocycles. The van der Waals surface area contributed by atoms with Gasteiger partial charge >= 0.3 is 0 Å². The number of amides is 2. The number of nitrogens with one attached hydrogen (secondary N) is 2. The number of nitrogens with zero attached hydrogens (tertiary/aromatic N) is 2. The lowest BCUT2D eigenvalue weighted by Gasteiger charge is -2.14. The zero-order chi connectivity index (χ0) is 24.2. The molecule has 0 spiro atoms. The van der Waals surface area contributed by atoms with Crippen molar-refractivity contribution in [2.24, 2.45) is 0 Å². The van der Waals surface area contributed by atoms with Gasteiger partial charge in [-0.25, -0.2) is 0 Å². The summed E-state index contributed by atoms with van der Waals surface area (Å²) in [5.41, 5.74) is 3.26. The summed E-state index contributed by atoms with van der Waals surface area (Å²) in [6, 6.07) is 13.3. The molecule has 0 radical (unpaired) electrons. The third-order valence-electron chi connectivity index (χ3n) is 6.07. The molecule has 1 aliphatic rings. The topological polar surface area (TPSA) is 104 Å². The van der Waals surface area contributed by atoms with E-state index in [4.69, 9.17) is 0 Å². The van der Waals surface area contributed by atoms with E-state index in [0.29, 0.717) is 28.4 Å². The van der Waals surface area contributed by atoms with E-state index in [1.165, 1.54) is 15.9 Å². The molecule has 3 aromatic rings. The number of thiophene rings is 1. The second kappa shape index (κ2) is 10.1. The molecule has 7 nitrogen and oxygen atoms in total. The van der Waals surface area contributed by atoms with Crippen LogP contribution in [-0.2, 0) is 30.7 Å². The fourth-order valence-electron chi connectivity index (χ4n) is 4.33. The molecule has 4 rings (SSSR count). The zero-order valence-electron chi connectivity index (χ0n) is 19.2. The van der Waals surface area contributed by atoms with Crippen molar-refractivity contribution < 1.29 is 9.59 Å². The average Bonchev–Trinajstić information content (AvgIpc) is 3.18. The van der Waals surface area contributed by atoms with Crippen LogP contribution in [0.1, 0.15) is 56.0 Å². The zero-order valence-corrected chi connectivity index (χ0v) is 20.1. The van der Waals surface area contributed by atoms with Crippen LogP contribution >= 0.6 is 11.3 Å². The number of nitriles is 1. The van der Waals surface area contributed by atoms with Crippen LogP contribution in [0.2, 0.25) is 0 Å². The van der Waals surface area contributed by atoms with Gasteiger partial charge in [-0.1, -0.05) is 30.3 Å². The van der Waals surface area contributed by atoms with Gasteiger partial charge < -0.3 is 15.2 Å². The van der Waals surface area contributed by atoms with E-state index in [1.807, 2.05) is 36.4 Å². The molecule has 2 amide bonds. The molecule has 1 aliphatic carbocycles. The number of hydrogen-bond donors (Lipinski definition) is 2. The van der Waals surface area contributed by atoms with Gasteiger partial charge in [0.2, 0.25) is 5.91 Å². The Morgan fingerprint density at radius 1 is 1.15 bits per heavy atom. The Labute approximate surface area is 202 Å². The van der Waals surface area contributed by atoms with Gasteiger partial charge in [-0.05, 0) is 62.3 Å². The molecule has 2 N–H and O–H groups in total. The Morgan fingerprint density at radius 3 is 2.62 bits per heavy atom. The summed E-state index contributed by atoms with van der Waals surface area (Å²) in [7, 11) is 0. The first kappa shape index (κ1) is 23.5. The SMILES string of the molecule is Cc1cc(C)n(CC(=O)Nc2sc3c(c2C(=O)NCc2ccccc2)CCCC3)c(=O)c1C#N. The van der Waals surface area contributed by atoms with Gasteiger partial charge in [0.25, 0.3) is 11.5 Å². The van der Waals surface area contributed by atoms with Crippen molar-refractivity contribution in [3.63, 3.8) is 0 Å². The van der Waals surface area contributed by atoms with E-state index in [9.17, 15) is 19.6 Å². The summed E-state index contributed by atoms with van der Waals surface area (Å²) in [6.07, 6.45) is 3.75. The van der Waals surface area contributed by atoms with Gasteiger partial charge in [0, 0.05) is 17.1 Å². The van der Waals surface area contributed by atoms with Crippen LogP contribution in [0.15, 0.2) is 41.2 Å². The van der Waals surface area contributed by atoms with Gasteiger partial charge in [-0.2, -0.15) is 5.26 Å². The lowest BCUT2D eigenvalue weighted by atomic mass is 9.95. The second-order valence-corrected chi connectivity index (χ2v) is 9.58. The van der Waals surface area contributed by atoms with E-state index in [2.05, 4.69) is 10.6 Å². The molecule has 0 fully saturated rings. The minimum absolute atomic E-state index is 0.0333. The van der Waals surface area contributed by atoms with Gasteiger partial charge in [0.15, 0.2) is 0 Å². The largest absolute Gasteiger partial charge is 0.348 e. The van der Waals surface area contributed by atoms with Crippen molar-refractivity contribution in [3.05, 3.63) is 85.1 Å². The van der Waals surface area contributed by atoms with E-state index < -0.39 is 11.5 Å². The fourth-order valence-corrected chi connectivity index (χ4v) is 5.63. The molecule has 34 heavy (non-hydrogen) atoms. The van der Waals surface area contributed by atoms with Crippen LogP contribution in [0.3, 0.4) is 0 Å². The molecule has 0 saturated heterocycles. The maximum Gasteiger partial charge on any atom is 0.269 e. The Kier molecular flexibility index (Phi) is 6.94. The first-order chi connectivity index (χ1) is 16.4. The fraction of sp³-hybridized carbons (Fsp3) is 0.308. The van der Waals surface area contributed by atoms with Crippen LogP contribution < -0.4 is 16.2 Å². The summed E-state index contributed by atoms with van der Waals surface area (Å²) < 4.78 is 1.30. The highest BCUT2D eigenvalue weighted by atomic mass is 32.1. The molecule has 0 atom stereocenters. The molecule has 2 aromatic heterocycles. The maximum absolute atomic E-state index is 13.2. The quantitative estimate of drug-likeness (QED) is 0.566. The van der Waals surface area contributed by atoms with Crippen LogP contribution in [0.5, 0.6) is 0 Å². The Balaban J connectivity index is 1.58. The highest BCUT2D eigenvalue weighted by Gasteiger charge is 2.26. The van der Waals surface area contributed by atoms with Gasteiger partial charge in [-0.15, -0.1) is 11.3 Å². The average molecular weight is 475 g/mol. The molecular weight excluding hydrogens is 448 g/mol. The summed E-state index contributed by atoms with van der Waals surface area (Å²) in [6.45, 7) is 3.60. The normalized spacial score (nSPS) is 12.5. The first-order valence-electron chi connectivity index (χ1n) is 11.3. The smallest absolute Gasteiger partial charge is 0.269 e. The standard InChI is InChI=1S/C26H26N4O3S/c1-16-12-17(2)30(26(33)20(16)13-27)15-22(31)29-25-23(19-10-6-7-11-21(19)34-25)24(32)28-14-18-8-4-3-5-9-18/h3-5,8-9,12H,6-7,10-11,14-15H2,1-2H3,(H,28,32)(H,29,31). The third-order valence-corrected chi connectivity index (χ3v) is 7.27. The minimum atomic E-state index is -0.485. The molecule has 0 saturated carbocycles. The third kappa shape index (κ3) is 4.80. The number of aromatic nitrogens is 1. The van der Waals surface area contributed by atoms with Crippen molar-refractivity contribution in [2.45, 2.75) is 52.6 Å². The van der Waals surface area contributed by atoms with Crippen LogP contribution in [0.25, 0.3) is 0 Å². The van der Waals surface area contributed by atoms with Crippen LogP contribution in [-0.4, -0.2) is 16.4 Å². The molecule has 0 aliphatic heterocycles. The van der Waals surface area contributed by atoms with Crippen molar-refractivity contribution in [1.82, 2.24) is 9.88 Å². The van der Waals surface area contributed by atoms with E-state index in [1.54, 1.807) is 19.9 Å². The second-order valence-electron chi connectivity index (χ2n) is 8.48. The van der Waals surface area contributed by atoms with Crippen LogP contribution in [0.4, 0.5) is 5.00 Å². The number of aryl methyl sites for hydroxylation is 3. The number of hydrogen-bond acceptors (Lipinski definition) is 5. The summed E-state index contributed by atoms with van der Waals surface area (Å²) in [5, 5.41) is 15.7. The number of rotatable bonds is 6. The summed E-state index contributed by atoms with van der Waals surface area (Å²) >= 11 is 1.44. The van der Waals surface area contributed by atoms with Gasteiger partial charge in [0.1, 0.15) is 23.2 Å².